The minimum absolute atomic E-state index is 0.129. The van der Waals surface area contributed by atoms with Gasteiger partial charge >= 0.3 is 5.69 Å². The van der Waals surface area contributed by atoms with Crippen LogP contribution in [0.5, 0.6) is 11.5 Å². The molecule has 8 nitrogen and oxygen atoms in total. The Labute approximate surface area is 157 Å². The fourth-order valence-corrected chi connectivity index (χ4v) is 2.84. The summed E-state index contributed by atoms with van der Waals surface area (Å²) in [4.78, 5) is 12.8. The first kappa shape index (κ1) is 18.9. The van der Waals surface area contributed by atoms with E-state index in [1.165, 1.54) is 19.2 Å². The highest BCUT2D eigenvalue weighted by molar-refractivity contribution is 5.51. The summed E-state index contributed by atoms with van der Waals surface area (Å²) in [6, 6.07) is 12.6. The minimum atomic E-state index is -0.485. The standard InChI is InChI=1S/C19H23N3O5/c1-21(2)14-6-4-13(5-7-14)19-20-11-16(27-19)12-26-18-9-8-15(25-3)10-17(18)22(23)24/h4-10,16,19-20H,11-12H2,1-3H3/t16-,19+/m1/s1. The van der Waals surface area contributed by atoms with E-state index in [9.17, 15) is 10.1 Å². The second-order valence-electron chi connectivity index (χ2n) is 6.43. The van der Waals surface area contributed by atoms with Crippen molar-refractivity contribution in [3.05, 3.63) is 58.1 Å². The van der Waals surface area contributed by atoms with Crippen LogP contribution in [0.3, 0.4) is 0 Å². The summed E-state index contributed by atoms with van der Waals surface area (Å²) in [5, 5.41) is 14.5. The van der Waals surface area contributed by atoms with Gasteiger partial charge in [0.15, 0.2) is 5.75 Å². The molecule has 2 aromatic carbocycles. The Balaban J connectivity index is 1.60. The van der Waals surface area contributed by atoms with E-state index in [2.05, 4.69) is 5.32 Å². The van der Waals surface area contributed by atoms with Crippen LogP contribution in [0.4, 0.5) is 11.4 Å². The fraction of sp³-hybridized carbons (Fsp3) is 0.368. The molecule has 0 amide bonds. The van der Waals surface area contributed by atoms with Gasteiger partial charge in [0.1, 0.15) is 24.7 Å². The Morgan fingerprint density at radius 3 is 2.63 bits per heavy atom. The number of methoxy groups -OCH3 is 1. The van der Waals surface area contributed by atoms with Crippen LogP contribution in [0.15, 0.2) is 42.5 Å². The first-order valence-electron chi connectivity index (χ1n) is 8.59. The molecule has 0 spiro atoms. The molecule has 0 aliphatic carbocycles. The van der Waals surface area contributed by atoms with Gasteiger partial charge in [0, 0.05) is 26.3 Å². The summed E-state index contributed by atoms with van der Waals surface area (Å²) in [5.74, 6) is 0.609. The predicted molar refractivity (Wildman–Crippen MR) is 102 cm³/mol. The largest absolute Gasteiger partial charge is 0.496 e. The number of anilines is 1. The summed E-state index contributed by atoms with van der Waals surface area (Å²) in [6.45, 7) is 0.816. The van der Waals surface area contributed by atoms with Crippen molar-refractivity contribution < 1.29 is 19.1 Å². The maximum atomic E-state index is 11.2. The van der Waals surface area contributed by atoms with E-state index in [1.54, 1.807) is 6.07 Å². The highest BCUT2D eigenvalue weighted by Crippen LogP contribution is 2.32. The quantitative estimate of drug-likeness (QED) is 0.590. The lowest BCUT2D eigenvalue weighted by molar-refractivity contribution is -0.386. The molecule has 0 bridgehead atoms. The number of nitrogens with one attached hydrogen (secondary N) is 1. The molecule has 2 aromatic rings. The SMILES string of the molecule is COc1ccc(OC[C@H]2CN[C@H](c3ccc(N(C)C)cc3)O2)c([N+](=O)[O-])c1. The molecule has 2 atom stereocenters. The lowest BCUT2D eigenvalue weighted by Gasteiger charge is -2.16. The Morgan fingerprint density at radius 2 is 2.00 bits per heavy atom. The molecule has 1 heterocycles. The van der Waals surface area contributed by atoms with E-state index >= 15 is 0 Å². The van der Waals surface area contributed by atoms with Crippen molar-refractivity contribution in [1.29, 1.82) is 0 Å². The van der Waals surface area contributed by atoms with Crippen LogP contribution in [0.2, 0.25) is 0 Å². The normalized spacial score (nSPS) is 18.9. The van der Waals surface area contributed by atoms with Gasteiger partial charge in [-0.1, -0.05) is 12.1 Å². The maximum Gasteiger partial charge on any atom is 0.314 e. The summed E-state index contributed by atoms with van der Waals surface area (Å²) in [7, 11) is 5.44. The molecule has 1 N–H and O–H groups in total. The van der Waals surface area contributed by atoms with Crippen LogP contribution in [0.25, 0.3) is 0 Å². The van der Waals surface area contributed by atoms with Gasteiger partial charge in [-0.3, -0.25) is 15.4 Å². The van der Waals surface area contributed by atoms with E-state index in [0.29, 0.717) is 12.3 Å². The van der Waals surface area contributed by atoms with E-state index in [1.807, 2.05) is 43.3 Å². The average molecular weight is 373 g/mol. The third-order valence-corrected chi connectivity index (χ3v) is 4.36. The van der Waals surface area contributed by atoms with Gasteiger partial charge in [0.25, 0.3) is 0 Å². The fourth-order valence-electron chi connectivity index (χ4n) is 2.84. The van der Waals surface area contributed by atoms with E-state index in [0.717, 1.165) is 11.3 Å². The lowest BCUT2D eigenvalue weighted by Crippen LogP contribution is -2.22. The topological polar surface area (TPSA) is 86.1 Å². The van der Waals surface area contributed by atoms with Crippen LogP contribution in [0, 0.1) is 10.1 Å². The second kappa shape index (κ2) is 8.24. The molecule has 1 aliphatic heterocycles. The smallest absolute Gasteiger partial charge is 0.314 e. The van der Waals surface area contributed by atoms with Crippen molar-refractivity contribution in [2.75, 3.05) is 39.3 Å². The van der Waals surface area contributed by atoms with Gasteiger partial charge < -0.3 is 19.1 Å². The second-order valence-corrected chi connectivity index (χ2v) is 6.43. The average Bonchev–Trinajstić information content (AvgIpc) is 3.15. The van der Waals surface area contributed by atoms with Crippen molar-refractivity contribution in [3.63, 3.8) is 0 Å². The van der Waals surface area contributed by atoms with Crippen LogP contribution in [-0.4, -0.2) is 45.4 Å². The molecule has 8 heteroatoms. The molecular formula is C19H23N3O5. The lowest BCUT2D eigenvalue weighted by atomic mass is 10.2. The van der Waals surface area contributed by atoms with Crippen LogP contribution >= 0.6 is 0 Å². The number of nitro benzene ring substituents is 1. The zero-order valence-corrected chi connectivity index (χ0v) is 15.5. The molecular weight excluding hydrogens is 350 g/mol. The molecule has 144 valence electrons. The predicted octanol–water partition coefficient (Wildman–Crippen LogP) is 2.74. The van der Waals surface area contributed by atoms with Crippen molar-refractivity contribution in [1.82, 2.24) is 5.32 Å². The summed E-state index contributed by atoms with van der Waals surface area (Å²) in [6.07, 6.45) is -0.425. The number of nitrogens with zero attached hydrogens (tertiary/aromatic N) is 2. The van der Waals surface area contributed by atoms with Gasteiger partial charge in [-0.25, -0.2) is 0 Å². The maximum absolute atomic E-state index is 11.2. The number of ether oxygens (including phenoxy) is 3. The number of nitro groups is 1. The number of hydrogen-bond acceptors (Lipinski definition) is 7. The van der Waals surface area contributed by atoms with Gasteiger partial charge in [-0.05, 0) is 29.8 Å². The number of benzene rings is 2. The molecule has 3 rings (SSSR count). The Bertz CT molecular complexity index is 794. The van der Waals surface area contributed by atoms with E-state index in [4.69, 9.17) is 14.2 Å². The van der Waals surface area contributed by atoms with Crippen LogP contribution < -0.4 is 19.7 Å². The van der Waals surface area contributed by atoms with Crippen molar-refractivity contribution in [2.24, 2.45) is 0 Å². The van der Waals surface area contributed by atoms with Gasteiger partial charge in [0.05, 0.1) is 18.1 Å². The Hall–Kier alpha value is -2.84. The molecule has 27 heavy (non-hydrogen) atoms. The van der Waals surface area contributed by atoms with Crippen molar-refractivity contribution >= 4 is 11.4 Å². The third-order valence-electron chi connectivity index (χ3n) is 4.36. The first-order valence-corrected chi connectivity index (χ1v) is 8.59. The van der Waals surface area contributed by atoms with E-state index in [-0.39, 0.29) is 30.4 Å². The molecule has 1 saturated heterocycles. The third kappa shape index (κ3) is 4.47. The Morgan fingerprint density at radius 1 is 1.26 bits per heavy atom. The van der Waals surface area contributed by atoms with Crippen molar-refractivity contribution in [3.8, 4) is 11.5 Å². The van der Waals surface area contributed by atoms with Gasteiger partial charge in [0.2, 0.25) is 0 Å². The van der Waals surface area contributed by atoms with Crippen LogP contribution in [0.1, 0.15) is 11.8 Å². The molecule has 0 radical (unpaired) electrons. The van der Waals surface area contributed by atoms with Crippen molar-refractivity contribution in [2.45, 2.75) is 12.3 Å². The molecule has 0 saturated carbocycles. The zero-order chi connectivity index (χ0) is 19.4. The van der Waals surface area contributed by atoms with Gasteiger partial charge in [-0.2, -0.15) is 0 Å². The summed E-state index contributed by atoms with van der Waals surface area (Å²) in [5.41, 5.74) is 2.01. The Kier molecular flexibility index (Phi) is 5.78. The summed E-state index contributed by atoms with van der Waals surface area (Å²) < 4.78 is 16.6. The highest BCUT2D eigenvalue weighted by Gasteiger charge is 2.27. The summed E-state index contributed by atoms with van der Waals surface area (Å²) >= 11 is 0. The molecule has 0 aromatic heterocycles. The number of rotatable bonds is 7. The molecule has 0 unspecified atom stereocenters. The molecule has 1 fully saturated rings. The zero-order valence-electron chi connectivity index (χ0n) is 15.5. The highest BCUT2D eigenvalue weighted by atomic mass is 16.6. The first-order chi connectivity index (χ1) is 13.0. The molecule has 1 aliphatic rings. The van der Waals surface area contributed by atoms with E-state index < -0.39 is 4.92 Å². The number of hydrogen-bond donors (Lipinski definition) is 1. The van der Waals surface area contributed by atoms with Gasteiger partial charge in [-0.15, -0.1) is 0 Å². The monoisotopic (exact) mass is 373 g/mol. The van der Waals surface area contributed by atoms with Crippen LogP contribution in [-0.2, 0) is 4.74 Å². The minimum Gasteiger partial charge on any atom is -0.496 e.